The molecule has 0 heterocycles. The average molecular weight is 888 g/mol. The molecule has 0 rings (SSSR count). The molecule has 0 aliphatic rings. The third-order valence-corrected chi connectivity index (χ3v) is 8.09. The van der Waals surface area contributed by atoms with Gasteiger partial charge in [0.15, 0.2) is 0 Å². The summed E-state index contributed by atoms with van der Waals surface area (Å²) in [5.41, 5.74) is 0. The van der Waals surface area contributed by atoms with E-state index in [-0.39, 0.29) is 19.2 Å². The van der Waals surface area contributed by atoms with Gasteiger partial charge in [0.05, 0.1) is 159 Å². The number of carboxylic acids is 1. The number of amides is 1. The van der Waals surface area contributed by atoms with E-state index in [1.807, 2.05) is 0 Å². The number of ether oxygens (including phenoxy) is 14. The van der Waals surface area contributed by atoms with Gasteiger partial charge >= 0.3 is 11.9 Å². The molecule has 19 nitrogen and oxygen atoms in total. The van der Waals surface area contributed by atoms with Crippen LogP contribution < -0.4 is 5.32 Å². The standard InChI is InChI=1S/C42H81NO18/c1-2-3-4-5-6-7-8-9-10-11-42(47)61-37-36-59-35-34-58-33-32-57-31-30-56-29-28-55-27-26-54-25-24-53-23-22-52-21-20-51-19-18-50-17-16-49-15-14-48-13-12-43-40(44)38-60-39-41(45)46/h2-39H2,1H3,(H,43,44)(H,45,46). The Morgan fingerprint density at radius 2 is 0.656 bits per heavy atom. The number of carboxylic acid groups (broad SMARTS) is 1. The highest BCUT2D eigenvalue weighted by Gasteiger charge is 2.04. The van der Waals surface area contributed by atoms with Crippen molar-refractivity contribution >= 4 is 17.8 Å². The lowest BCUT2D eigenvalue weighted by Gasteiger charge is -2.09. The Morgan fingerprint density at radius 3 is 0.984 bits per heavy atom. The summed E-state index contributed by atoms with van der Waals surface area (Å²) < 4.78 is 75.4. The van der Waals surface area contributed by atoms with Crippen molar-refractivity contribution in [3.05, 3.63) is 0 Å². The fourth-order valence-corrected chi connectivity index (χ4v) is 4.93. The summed E-state index contributed by atoms with van der Waals surface area (Å²) >= 11 is 0. The fraction of sp³-hybridized carbons (Fsp3) is 0.929. The monoisotopic (exact) mass is 888 g/mol. The van der Waals surface area contributed by atoms with E-state index in [0.717, 1.165) is 12.8 Å². The maximum atomic E-state index is 11.8. The van der Waals surface area contributed by atoms with E-state index in [1.54, 1.807) is 0 Å². The summed E-state index contributed by atoms with van der Waals surface area (Å²) in [6, 6.07) is 0. The highest BCUT2D eigenvalue weighted by molar-refractivity contribution is 5.77. The predicted molar refractivity (Wildman–Crippen MR) is 224 cm³/mol. The van der Waals surface area contributed by atoms with E-state index in [4.69, 9.17) is 66.7 Å². The molecule has 0 aliphatic heterocycles. The van der Waals surface area contributed by atoms with Crippen LogP contribution in [0, 0.1) is 0 Å². The second-order valence-corrected chi connectivity index (χ2v) is 13.4. The Bertz CT molecular complexity index is 922. The summed E-state index contributed by atoms with van der Waals surface area (Å²) in [5, 5.41) is 11.0. The Labute approximate surface area is 364 Å². The van der Waals surface area contributed by atoms with Gasteiger partial charge in [-0.1, -0.05) is 58.3 Å². The molecule has 0 unspecified atom stereocenters. The van der Waals surface area contributed by atoms with Crippen molar-refractivity contribution in [2.45, 2.75) is 71.1 Å². The molecule has 2 N–H and O–H groups in total. The topological polar surface area (TPSA) is 213 Å². The van der Waals surface area contributed by atoms with Gasteiger partial charge in [-0.05, 0) is 6.42 Å². The SMILES string of the molecule is CCCCCCCCCCCC(=O)OCCOCCOCCOCCOCCOCCOCCOCCOCCOCCOCCOCCOCCNC(=O)COCC(=O)O. The molecule has 362 valence electrons. The van der Waals surface area contributed by atoms with Crippen LogP contribution in [0.25, 0.3) is 0 Å². The van der Waals surface area contributed by atoms with Crippen LogP contribution >= 0.6 is 0 Å². The third kappa shape index (κ3) is 54.0. The van der Waals surface area contributed by atoms with Crippen molar-refractivity contribution in [3.8, 4) is 0 Å². The number of carbonyl (C=O) groups is 3. The minimum absolute atomic E-state index is 0.145. The fourth-order valence-electron chi connectivity index (χ4n) is 4.93. The number of unbranched alkanes of at least 4 members (excludes halogenated alkanes) is 8. The van der Waals surface area contributed by atoms with E-state index >= 15 is 0 Å². The predicted octanol–water partition coefficient (Wildman–Crippen LogP) is 2.87. The highest BCUT2D eigenvalue weighted by atomic mass is 16.6. The van der Waals surface area contributed by atoms with E-state index in [9.17, 15) is 14.4 Å². The van der Waals surface area contributed by atoms with E-state index in [0.29, 0.717) is 172 Å². The highest BCUT2D eigenvalue weighted by Crippen LogP contribution is 2.10. The number of hydrogen-bond acceptors (Lipinski definition) is 17. The molecule has 0 aromatic carbocycles. The number of esters is 1. The number of hydrogen-bond donors (Lipinski definition) is 2. The molecule has 1 amide bonds. The first-order valence-electron chi connectivity index (χ1n) is 22.2. The number of nitrogens with one attached hydrogen (secondary N) is 1. The van der Waals surface area contributed by atoms with Crippen LogP contribution in [0.3, 0.4) is 0 Å². The summed E-state index contributed by atoms with van der Waals surface area (Å²) in [6.45, 7) is 12.8. The Balaban J connectivity index is 3.13. The van der Waals surface area contributed by atoms with E-state index in [2.05, 4.69) is 17.0 Å². The molecule has 0 aliphatic carbocycles. The summed E-state index contributed by atoms with van der Waals surface area (Å²) in [4.78, 5) is 33.5. The van der Waals surface area contributed by atoms with Crippen LogP contribution in [0.4, 0.5) is 0 Å². The van der Waals surface area contributed by atoms with E-state index < -0.39 is 18.5 Å². The van der Waals surface area contributed by atoms with Crippen molar-refractivity contribution in [1.82, 2.24) is 5.32 Å². The lowest BCUT2D eigenvalue weighted by atomic mass is 10.1. The van der Waals surface area contributed by atoms with Gasteiger partial charge in [-0.15, -0.1) is 0 Å². The smallest absolute Gasteiger partial charge is 0.329 e. The largest absolute Gasteiger partial charge is 0.480 e. The molecule has 19 heteroatoms. The van der Waals surface area contributed by atoms with Crippen molar-refractivity contribution in [3.63, 3.8) is 0 Å². The van der Waals surface area contributed by atoms with Crippen molar-refractivity contribution < 1.29 is 85.8 Å². The molecule has 0 aromatic heterocycles. The Kier molecular flexibility index (Phi) is 50.4. The maximum Gasteiger partial charge on any atom is 0.329 e. The molecule has 0 radical (unpaired) electrons. The Morgan fingerprint density at radius 1 is 0.361 bits per heavy atom. The molecule has 0 bridgehead atoms. The first-order valence-corrected chi connectivity index (χ1v) is 22.2. The molecule has 61 heavy (non-hydrogen) atoms. The molecule has 0 aromatic rings. The Hall–Kier alpha value is -2.11. The number of aliphatic carboxylic acids is 1. The summed E-state index contributed by atoms with van der Waals surface area (Å²) in [7, 11) is 0. The second kappa shape index (κ2) is 52.2. The van der Waals surface area contributed by atoms with Crippen molar-refractivity contribution in [1.29, 1.82) is 0 Å². The minimum Gasteiger partial charge on any atom is -0.480 e. The third-order valence-electron chi connectivity index (χ3n) is 8.09. The zero-order valence-corrected chi connectivity index (χ0v) is 37.3. The van der Waals surface area contributed by atoms with Gasteiger partial charge in [0.2, 0.25) is 5.91 Å². The minimum atomic E-state index is -1.13. The summed E-state index contributed by atoms with van der Waals surface area (Å²) in [5.74, 6) is -1.67. The number of carbonyl (C=O) groups excluding carboxylic acids is 2. The van der Waals surface area contributed by atoms with Gasteiger partial charge in [-0.3, -0.25) is 9.59 Å². The van der Waals surface area contributed by atoms with Crippen LogP contribution in [-0.2, 0) is 80.7 Å². The van der Waals surface area contributed by atoms with Gasteiger partial charge in [-0.2, -0.15) is 0 Å². The lowest BCUT2D eigenvalue weighted by Crippen LogP contribution is -2.31. The molecule has 0 fully saturated rings. The normalized spacial score (nSPS) is 11.4. The maximum absolute atomic E-state index is 11.8. The lowest BCUT2D eigenvalue weighted by molar-refractivity contribution is -0.146. The average Bonchev–Trinajstić information content (AvgIpc) is 3.25. The zero-order chi connectivity index (χ0) is 44.2. The van der Waals surface area contributed by atoms with E-state index in [1.165, 1.54) is 44.9 Å². The first-order chi connectivity index (χ1) is 30.1. The van der Waals surface area contributed by atoms with Crippen LogP contribution in [0.2, 0.25) is 0 Å². The zero-order valence-electron chi connectivity index (χ0n) is 37.3. The van der Waals surface area contributed by atoms with Gasteiger partial charge in [0.25, 0.3) is 0 Å². The van der Waals surface area contributed by atoms with Gasteiger partial charge in [-0.25, -0.2) is 4.79 Å². The van der Waals surface area contributed by atoms with Crippen LogP contribution in [-0.4, -0.2) is 208 Å². The van der Waals surface area contributed by atoms with Crippen LogP contribution in [0.15, 0.2) is 0 Å². The van der Waals surface area contributed by atoms with Crippen molar-refractivity contribution in [2.24, 2.45) is 0 Å². The first kappa shape index (κ1) is 58.9. The number of rotatable bonds is 53. The molecular formula is C42H81NO18. The van der Waals surface area contributed by atoms with Gasteiger partial charge in [0.1, 0.15) is 19.8 Å². The van der Waals surface area contributed by atoms with Gasteiger partial charge < -0.3 is 76.7 Å². The van der Waals surface area contributed by atoms with Gasteiger partial charge in [0, 0.05) is 13.0 Å². The molecule has 0 saturated heterocycles. The molecular weight excluding hydrogens is 806 g/mol. The second-order valence-electron chi connectivity index (χ2n) is 13.4. The van der Waals surface area contributed by atoms with Crippen LogP contribution in [0.5, 0.6) is 0 Å². The molecule has 0 atom stereocenters. The summed E-state index contributed by atoms with van der Waals surface area (Å²) in [6.07, 6.45) is 11.5. The van der Waals surface area contributed by atoms with Crippen molar-refractivity contribution in [2.75, 3.05) is 185 Å². The molecule has 0 saturated carbocycles. The van der Waals surface area contributed by atoms with Crippen LogP contribution in [0.1, 0.15) is 71.1 Å². The molecule has 0 spiro atoms. The quantitative estimate of drug-likeness (QED) is 0.0664.